The standard InChI is InChI=1S/C17H23ClN4O2/c1-11-8-13-14(18)19-10-20-15(13)22(11)9-12-6-5-7-21(12)16(23)24-17(2,3)4/h8,10,12H,5-7,9H2,1-4H3. The molecule has 0 spiro atoms. The van der Waals surface area contributed by atoms with Crippen LogP contribution in [0.2, 0.25) is 5.15 Å². The number of nitrogens with zero attached hydrogens (tertiary/aromatic N) is 4. The summed E-state index contributed by atoms with van der Waals surface area (Å²) in [4.78, 5) is 22.7. The van der Waals surface area contributed by atoms with E-state index in [1.165, 1.54) is 6.33 Å². The first-order valence-electron chi connectivity index (χ1n) is 8.22. The van der Waals surface area contributed by atoms with Crippen molar-refractivity contribution in [1.82, 2.24) is 19.4 Å². The SMILES string of the molecule is Cc1cc2c(Cl)ncnc2n1CC1CCCN1C(=O)OC(C)(C)C. The van der Waals surface area contributed by atoms with E-state index in [1.54, 1.807) is 0 Å². The molecule has 0 radical (unpaired) electrons. The molecule has 2 aromatic rings. The maximum atomic E-state index is 12.5. The summed E-state index contributed by atoms with van der Waals surface area (Å²) < 4.78 is 7.65. The molecule has 1 aliphatic heterocycles. The van der Waals surface area contributed by atoms with E-state index in [-0.39, 0.29) is 12.1 Å². The zero-order chi connectivity index (χ0) is 17.5. The molecule has 0 bridgehead atoms. The van der Waals surface area contributed by atoms with Gasteiger partial charge in [-0.25, -0.2) is 14.8 Å². The molecule has 1 fully saturated rings. The number of hydrogen-bond acceptors (Lipinski definition) is 4. The summed E-state index contributed by atoms with van der Waals surface area (Å²) in [5, 5.41) is 1.30. The van der Waals surface area contributed by atoms with Gasteiger partial charge >= 0.3 is 6.09 Å². The number of hydrogen-bond donors (Lipinski definition) is 0. The van der Waals surface area contributed by atoms with Crippen LogP contribution in [-0.2, 0) is 11.3 Å². The molecule has 1 aliphatic rings. The highest BCUT2D eigenvalue weighted by Gasteiger charge is 2.32. The monoisotopic (exact) mass is 350 g/mol. The van der Waals surface area contributed by atoms with Gasteiger partial charge in [-0.2, -0.15) is 0 Å². The highest BCUT2D eigenvalue weighted by Crippen LogP contribution is 2.27. The van der Waals surface area contributed by atoms with Crippen molar-refractivity contribution in [3.63, 3.8) is 0 Å². The fraction of sp³-hybridized carbons (Fsp3) is 0.588. The van der Waals surface area contributed by atoms with Gasteiger partial charge in [0.25, 0.3) is 0 Å². The molecule has 1 amide bonds. The Bertz CT molecular complexity index is 766. The van der Waals surface area contributed by atoms with E-state index in [4.69, 9.17) is 16.3 Å². The third kappa shape index (κ3) is 3.34. The molecule has 7 heteroatoms. The van der Waals surface area contributed by atoms with Crippen molar-refractivity contribution in [2.24, 2.45) is 0 Å². The molecule has 0 N–H and O–H groups in total. The third-order valence-electron chi connectivity index (χ3n) is 4.25. The molecule has 1 saturated heterocycles. The maximum Gasteiger partial charge on any atom is 0.410 e. The summed E-state index contributed by atoms with van der Waals surface area (Å²) >= 11 is 6.16. The lowest BCUT2D eigenvalue weighted by atomic mass is 10.2. The summed E-state index contributed by atoms with van der Waals surface area (Å²) in [5.41, 5.74) is 1.38. The molecule has 0 aromatic carbocycles. The Kier molecular flexibility index (Phi) is 4.42. The van der Waals surface area contributed by atoms with Crippen molar-refractivity contribution >= 4 is 28.7 Å². The Morgan fingerprint density at radius 3 is 2.88 bits per heavy atom. The number of carbonyl (C=O) groups excluding carboxylic acids is 1. The van der Waals surface area contributed by atoms with Crippen molar-refractivity contribution in [3.8, 4) is 0 Å². The number of likely N-dealkylation sites (tertiary alicyclic amines) is 1. The molecule has 0 aliphatic carbocycles. The van der Waals surface area contributed by atoms with Gasteiger partial charge in [-0.05, 0) is 46.6 Å². The molecule has 0 saturated carbocycles. The van der Waals surface area contributed by atoms with Crippen molar-refractivity contribution in [3.05, 3.63) is 23.2 Å². The van der Waals surface area contributed by atoms with E-state index in [0.29, 0.717) is 11.7 Å². The first kappa shape index (κ1) is 17.0. The molecular formula is C17H23ClN4O2. The minimum absolute atomic E-state index is 0.0999. The second-order valence-corrected chi connectivity index (χ2v) is 7.63. The third-order valence-corrected chi connectivity index (χ3v) is 4.55. The van der Waals surface area contributed by atoms with Crippen LogP contribution in [0.1, 0.15) is 39.3 Å². The zero-order valence-corrected chi connectivity index (χ0v) is 15.3. The molecule has 3 rings (SSSR count). The predicted octanol–water partition coefficient (Wildman–Crippen LogP) is 3.79. The maximum absolute atomic E-state index is 12.5. The van der Waals surface area contributed by atoms with Crippen LogP contribution in [0.15, 0.2) is 12.4 Å². The Balaban J connectivity index is 1.84. The van der Waals surface area contributed by atoms with Gasteiger partial charge in [0.05, 0.1) is 11.4 Å². The molecule has 6 nitrogen and oxygen atoms in total. The van der Waals surface area contributed by atoms with Crippen molar-refractivity contribution < 1.29 is 9.53 Å². The number of aryl methyl sites for hydroxylation is 1. The van der Waals surface area contributed by atoms with Crippen LogP contribution in [0, 0.1) is 6.92 Å². The summed E-state index contributed by atoms with van der Waals surface area (Å²) in [6.45, 7) is 9.09. The van der Waals surface area contributed by atoms with Gasteiger partial charge in [-0.1, -0.05) is 11.6 Å². The first-order valence-corrected chi connectivity index (χ1v) is 8.60. The number of amides is 1. The number of fused-ring (bicyclic) bond motifs is 1. The first-order chi connectivity index (χ1) is 11.3. The van der Waals surface area contributed by atoms with Crippen molar-refractivity contribution in [2.75, 3.05) is 6.54 Å². The highest BCUT2D eigenvalue weighted by atomic mass is 35.5. The lowest BCUT2D eigenvalue weighted by molar-refractivity contribution is 0.0214. The summed E-state index contributed by atoms with van der Waals surface area (Å²) in [6, 6.07) is 2.09. The fourth-order valence-electron chi connectivity index (χ4n) is 3.19. The second kappa shape index (κ2) is 6.24. The van der Waals surface area contributed by atoms with Crippen LogP contribution in [-0.4, -0.2) is 43.7 Å². The van der Waals surface area contributed by atoms with Gasteiger partial charge < -0.3 is 14.2 Å². The lowest BCUT2D eigenvalue weighted by Crippen LogP contribution is -2.41. The second-order valence-electron chi connectivity index (χ2n) is 7.27. The van der Waals surface area contributed by atoms with Crippen LogP contribution < -0.4 is 0 Å². The van der Waals surface area contributed by atoms with E-state index in [9.17, 15) is 4.79 Å². The Morgan fingerprint density at radius 1 is 1.42 bits per heavy atom. The molecular weight excluding hydrogens is 328 g/mol. The minimum Gasteiger partial charge on any atom is -0.444 e. The lowest BCUT2D eigenvalue weighted by Gasteiger charge is -2.29. The molecule has 2 aromatic heterocycles. The minimum atomic E-state index is -0.485. The van der Waals surface area contributed by atoms with Gasteiger partial charge in [-0.15, -0.1) is 0 Å². The Morgan fingerprint density at radius 2 is 2.17 bits per heavy atom. The molecule has 130 valence electrons. The smallest absolute Gasteiger partial charge is 0.410 e. The van der Waals surface area contributed by atoms with E-state index in [0.717, 1.165) is 36.1 Å². The van der Waals surface area contributed by atoms with Crippen LogP contribution in [0.4, 0.5) is 4.79 Å². The van der Waals surface area contributed by atoms with Crippen LogP contribution in [0.25, 0.3) is 11.0 Å². The van der Waals surface area contributed by atoms with E-state index in [2.05, 4.69) is 14.5 Å². The van der Waals surface area contributed by atoms with Gasteiger partial charge in [0.1, 0.15) is 22.7 Å². The quantitative estimate of drug-likeness (QED) is 0.773. The summed E-state index contributed by atoms with van der Waals surface area (Å²) in [6.07, 6.45) is 3.17. The molecule has 1 atom stereocenters. The number of halogens is 1. The van der Waals surface area contributed by atoms with Gasteiger partial charge in [0, 0.05) is 18.8 Å². The van der Waals surface area contributed by atoms with Crippen LogP contribution >= 0.6 is 11.6 Å². The van der Waals surface area contributed by atoms with Gasteiger partial charge in [0.2, 0.25) is 0 Å². The topological polar surface area (TPSA) is 60.2 Å². The van der Waals surface area contributed by atoms with Gasteiger partial charge in [-0.3, -0.25) is 0 Å². The van der Waals surface area contributed by atoms with E-state index in [1.807, 2.05) is 38.7 Å². The Labute approximate surface area is 146 Å². The molecule has 1 unspecified atom stereocenters. The largest absolute Gasteiger partial charge is 0.444 e. The molecule has 24 heavy (non-hydrogen) atoms. The number of rotatable bonds is 2. The highest BCUT2D eigenvalue weighted by molar-refractivity contribution is 6.33. The number of carbonyl (C=O) groups is 1. The average Bonchev–Trinajstić information content (AvgIpc) is 3.05. The van der Waals surface area contributed by atoms with Crippen LogP contribution in [0.5, 0.6) is 0 Å². The van der Waals surface area contributed by atoms with Crippen molar-refractivity contribution in [1.29, 1.82) is 0 Å². The van der Waals surface area contributed by atoms with Crippen LogP contribution in [0.3, 0.4) is 0 Å². The summed E-state index contributed by atoms with van der Waals surface area (Å²) in [7, 11) is 0. The predicted molar refractivity (Wildman–Crippen MR) is 93.2 cm³/mol. The van der Waals surface area contributed by atoms with E-state index >= 15 is 0 Å². The summed E-state index contributed by atoms with van der Waals surface area (Å²) in [5.74, 6) is 0. The number of aromatic nitrogens is 3. The Hall–Kier alpha value is -1.82. The fourth-order valence-corrected chi connectivity index (χ4v) is 3.37. The average molecular weight is 351 g/mol. The molecule has 3 heterocycles. The zero-order valence-electron chi connectivity index (χ0n) is 14.5. The van der Waals surface area contributed by atoms with Gasteiger partial charge in [0.15, 0.2) is 0 Å². The number of ether oxygens (including phenoxy) is 1. The normalized spacial score (nSPS) is 18.4. The van der Waals surface area contributed by atoms with Crippen molar-refractivity contribution in [2.45, 2.75) is 58.7 Å². The van der Waals surface area contributed by atoms with E-state index < -0.39 is 5.60 Å².